The molecule has 0 bridgehead atoms. The fraction of sp³-hybridized carbons (Fsp3) is 0. The number of nitriles is 4. The van der Waals surface area contributed by atoms with Crippen molar-refractivity contribution in [1.29, 1.82) is 21.0 Å². The molecular formula is C54H28N4. The molecule has 58 heavy (non-hydrogen) atoms. The lowest BCUT2D eigenvalue weighted by Crippen LogP contribution is -1.92. The number of hydrogen-bond donors (Lipinski definition) is 0. The van der Waals surface area contributed by atoms with Crippen molar-refractivity contribution in [1.82, 2.24) is 0 Å². The second-order valence-corrected chi connectivity index (χ2v) is 14.5. The fourth-order valence-electron chi connectivity index (χ4n) is 8.44. The molecule has 0 amide bonds. The Labute approximate surface area is 336 Å². The summed E-state index contributed by atoms with van der Waals surface area (Å²) in [4.78, 5) is 0. The van der Waals surface area contributed by atoms with Crippen LogP contribution in [-0.4, -0.2) is 0 Å². The maximum Gasteiger partial charge on any atom is 0.0991 e. The lowest BCUT2D eigenvalue weighted by molar-refractivity contribution is 1.48. The Morgan fingerprint density at radius 2 is 0.397 bits per heavy atom. The van der Waals surface area contributed by atoms with E-state index in [1.54, 1.807) is 0 Å². The quantitative estimate of drug-likeness (QED) is 0.180. The summed E-state index contributed by atoms with van der Waals surface area (Å²) >= 11 is 0. The smallest absolute Gasteiger partial charge is 0.0991 e. The average molecular weight is 733 g/mol. The van der Waals surface area contributed by atoms with E-state index in [1.807, 2.05) is 97.1 Å². The second kappa shape index (κ2) is 13.6. The van der Waals surface area contributed by atoms with Crippen LogP contribution in [0.3, 0.4) is 0 Å². The van der Waals surface area contributed by atoms with Crippen LogP contribution in [0.2, 0.25) is 0 Å². The van der Waals surface area contributed by atoms with E-state index in [0.29, 0.717) is 22.3 Å². The van der Waals surface area contributed by atoms with Crippen molar-refractivity contribution in [3.63, 3.8) is 0 Å². The maximum absolute atomic E-state index is 9.45. The molecule has 4 nitrogen and oxygen atoms in total. The van der Waals surface area contributed by atoms with Crippen LogP contribution >= 0.6 is 0 Å². The first kappa shape index (κ1) is 34.0. The van der Waals surface area contributed by atoms with Crippen LogP contribution in [0.1, 0.15) is 44.5 Å². The minimum Gasteiger partial charge on any atom is -0.192 e. The molecule has 2 aliphatic rings. The maximum atomic E-state index is 9.45. The monoisotopic (exact) mass is 732 g/mol. The van der Waals surface area contributed by atoms with E-state index in [-0.39, 0.29) is 0 Å². The summed E-state index contributed by atoms with van der Waals surface area (Å²) in [5.41, 5.74) is 22.3. The van der Waals surface area contributed by atoms with Crippen molar-refractivity contribution < 1.29 is 0 Å². The first-order chi connectivity index (χ1) is 28.5. The second-order valence-electron chi connectivity index (χ2n) is 14.5. The zero-order chi connectivity index (χ0) is 39.3. The van der Waals surface area contributed by atoms with Crippen molar-refractivity contribution in [3.05, 3.63) is 214 Å². The summed E-state index contributed by atoms with van der Waals surface area (Å²) in [5.74, 6) is 0. The van der Waals surface area contributed by atoms with Gasteiger partial charge < -0.3 is 0 Å². The number of benzene rings is 8. The van der Waals surface area contributed by atoms with Crippen LogP contribution in [-0.2, 0) is 0 Å². The Bertz CT molecular complexity index is 2770. The Morgan fingerprint density at radius 1 is 0.207 bits per heavy atom. The number of rotatable bonds is 4. The van der Waals surface area contributed by atoms with E-state index in [1.165, 1.54) is 11.1 Å². The van der Waals surface area contributed by atoms with E-state index >= 15 is 0 Å². The third-order valence-corrected chi connectivity index (χ3v) is 11.4. The average Bonchev–Trinajstić information content (AvgIpc) is 3.79. The standard InChI is InChI=1S/C54H28N4/c55-29-33-1-9-37(10-2-33)41-17-21-45-49(25-41)50-26-42(38-11-3-34(30-56)4-12-38)18-22-46(50)53(45)54-47-23-19-43(39-13-5-35(31-57)6-14-39)27-51(47)52-28-44(20-24-48(52)54)40-15-7-36(32-58)8-16-40/h1-28H. The Kier molecular flexibility index (Phi) is 7.99. The summed E-state index contributed by atoms with van der Waals surface area (Å²) in [6.45, 7) is 0. The number of fused-ring (bicyclic) bond motifs is 6. The van der Waals surface area contributed by atoms with E-state index < -0.39 is 0 Å². The van der Waals surface area contributed by atoms with Crippen LogP contribution in [0.15, 0.2) is 170 Å². The lowest BCUT2D eigenvalue weighted by Gasteiger charge is -2.13. The summed E-state index contributed by atoms with van der Waals surface area (Å²) in [5, 5.41) is 37.8. The molecule has 0 saturated carbocycles. The van der Waals surface area contributed by atoms with Crippen LogP contribution in [0.5, 0.6) is 0 Å². The largest absolute Gasteiger partial charge is 0.192 e. The van der Waals surface area contributed by atoms with Crippen LogP contribution < -0.4 is 0 Å². The molecule has 0 heterocycles. The van der Waals surface area contributed by atoms with Crippen LogP contribution in [0.4, 0.5) is 0 Å². The van der Waals surface area contributed by atoms with E-state index in [4.69, 9.17) is 0 Å². The summed E-state index contributed by atoms with van der Waals surface area (Å²) < 4.78 is 0. The molecule has 8 aromatic rings. The van der Waals surface area contributed by atoms with Gasteiger partial charge in [-0.3, -0.25) is 0 Å². The minimum absolute atomic E-state index is 0.623. The molecule has 0 radical (unpaired) electrons. The van der Waals surface area contributed by atoms with E-state index in [0.717, 1.165) is 89.0 Å². The van der Waals surface area contributed by atoms with Gasteiger partial charge in [0.15, 0.2) is 0 Å². The third kappa shape index (κ3) is 5.58. The molecule has 10 rings (SSSR count). The molecule has 264 valence electrons. The van der Waals surface area contributed by atoms with Gasteiger partial charge in [-0.25, -0.2) is 0 Å². The molecule has 0 aliphatic heterocycles. The van der Waals surface area contributed by atoms with Gasteiger partial charge in [-0.2, -0.15) is 21.0 Å². The molecule has 0 saturated heterocycles. The molecule has 0 aromatic heterocycles. The Morgan fingerprint density at radius 3 is 0.586 bits per heavy atom. The lowest BCUT2D eigenvalue weighted by atomic mass is 9.90. The SMILES string of the molecule is N#Cc1ccc(-c2ccc3c(c2)-c2cc(-c4ccc(C#N)cc4)ccc2C3=C2c3ccc(-c4ccc(C#N)cc4)cc3-c3cc(-c4ccc(C#N)cc4)ccc32)cc1. The molecule has 2 aliphatic carbocycles. The highest BCUT2D eigenvalue weighted by molar-refractivity contribution is 6.19. The highest BCUT2D eigenvalue weighted by Crippen LogP contribution is 2.56. The van der Waals surface area contributed by atoms with Gasteiger partial charge in [-0.15, -0.1) is 0 Å². The summed E-state index contributed by atoms with van der Waals surface area (Å²) in [6, 6.07) is 66.5. The van der Waals surface area contributed by atoms with Crippen molar-refractivity contribution in [3.8, 4) is 91.0 Å². The third-order valence-electron chi connectivity index (χ3n) is 11.4. The van der Waals surface area contributed by atoms with Crippen LogP contribution in [0.25, 0.3) is 77.9 Å². The molecule has 4 heteroatoms. The van der Waals surface area contributed by atoms with E-state index in [2.05, 4.69) is 97.1 Å². The number of hydrogen-bond acceptors (Lipinski definition) is 4. The van der Waals surface area contributed by atoms with Crippen molar-refractivity contribution in [2.24, 2.45) is 0 Å². The Balaban J connectivity index is 1.22. The summed E-state index contributed by atoms with van der Waals surface area (Å²) in [6.07, 6.45) is 0. The topological polar surface area (TPSA) is 95.2 Å². The molecule has 0 atom stereocenters. The highest BCUT2D eigenvalue weighted by atomic mass is 14.4. The molecule has 8 aromatic carbocycles. The van der Waals surface area contributed by atoms with E-state index in [9.17, 15) is 21.0 Å². The predicted molar refractivity (Wildman–Crippen MR) is 229 cm³/mol. The van der Waals surface area contributed by atoms with Gasteiger partial charge in [0.2, 0.25) is 0 Å². The van der Waals surface area contributed by atoms with Gasteiger partial charge in [0.05, 0.1) is 46.5 Å². The molecule has 0 fully saturated rings. The predicted octanol–water partition coefficient (Wildman–Crippen LogP) is 12.8. The Hall–Kier alpha value is -8.54. The van der Waals surface area contributed by atoms with Gasteiger partial charge in [0.1, 0.15) is 0 Å². The van der Waals surface area contributed by atoms with Crippen molar-refractivity contribution in [2.75, 3.05) is 0 Å². The van der Waals surface area contributed by atoms with Crippen LogP contribution in [0, 0.1) is 45.3 Å². The molecule has 0 spiro atoms. The highest BCUT2D eigenvalue weighted by Gasteiger charge is 2.33. The van der Waals surface area contributed by atoms with Gasteiger partial charge >= 0.3 is 0 Å². The molecular weight excluding hydrogens is 705 g/mol. The van der Waals surface area contributed by atoms with Crippen molar-refractivity contribution in [2.45, 2.75) is 0 Å². The first-order valence-electron chi connectivity index (χ1n) is 18.9. The van der Waals surface area contributed by atoms with Gasteiger partial charge in [0.25, 0.3) is 0 Å². The fourth-order valence-corrected chi connectivity index (χ4v) is 8.44. The summed E-state index contributed by atoms with van der Waals surface area (Å²) in [7, 11) is 0. The van der Waals surface area contributed by atoms with Gasteiger partial charge in [-0.05, 0) is 173 Å². The molecule has 0 unspecified atom stereocenters. The number of nitrogens with zero attached hydrogens (tertiary/aromatic N) is 4. The normalized spacial score (nSPS) is 11.7. The first-order valence-corrected chi connectivity index (χ1v) is 18.9. The minimum atomic E-state index is 0.623. The molecule has 0 N–H and O–H groups in total. The van der Waals surface area contributed by atoms with Gasteiger partial charge in [-0.1, -0.05) is 97.1 Å². The zero-order valence-corrected chi connectivity index (χ0v) is 31.0. The van der Waals surface area contributed by atoms with Crippen molar-refractivity contribution >= 4 is 11.1 Å². The zero-order valence-electron chi connectivity index (χ0n) is 31.0. The van der Waals surface area contributed by atoms with Gasteiger partial charge in [0, 0.05) is 0 Å².